The molecule has 0 spiro atoms. The number of nitrogens with one attached hydrogen (secondary N) is 1. The Labute approximate surface area is 96.2 Å². The molecule has 1 aliphatic rings. The van der Waals surface area contributed by atoms with Gasteiger partial charge in [0.25, 0.3) is 5.95 Å². The topological polar surface area (TPSA) is 54.2 Å². The van der Waals surface area contributed by atoms with Gasteiger partial charge in [-0.3, -0.25) is 0 Å². The van der Waals surface area contributed by atoms with Crippen LogP contribution in [0.5, 0.6) is 0 Å². The molecule has 1 aliphatic carbocycles. The standard InChI is InChI=1S/C11H20N4O/c1-3-15(4-2)11-13-10(16-14-11)7-8-12-9-5-6-9/h9,12H,3-8H2,1-2H3. The molecule has 0 saturated heterocycles. The number of hydrogen-bond acceptors (Lipinski definition) is 5. The SMILES string of the molecule is CCN(CC)c1noc(CCNC2CC2)n1. The van der Waals surface area contributed by atoms with Crippen molar-refractivity contribution in [3.05, 3.63) is 5.89 Å². The highest BCUT2D eigenvalue weighted by Gasteiger charge is 2.20. The molecule has 0 aromatic carbocycles. The Morgan fingerprint density at radius 3 is 2.75 bits per heavy atom. The average molecular weight is 224 g/mol. The summed E-state index contributed by atoms with van der Waals surface area (Å²) in [6.45, 7) is 6.94. The molecule has 1 N–H and O–H groups in total. The van der Waals surface area contributed by atoms with E-state index in [1.807, 2.05) is 0 Å². The summed E-state index contributed by atoms with van der Waals surface area (Å²) >= 11 is 0. The van der Waals surface area contributed by atoms with Crippen LogP contribution < -0.4 is 10.2 Å². The molecule has 90 valence electrons. The summed E-state index contributed by atoms with van der Waals surface area (Å²) in [5.41, 5.74) is 0. The van der Waals surface area contributed by atoms with Gasteiger partial charge in [0.2, 0.25) is 5.89 Å². The molecule has 1 saturated carbocycles. The van der Waals surface area contributed by atoms with E-state index in [0.29, 0.717) is 5.95 Å². The lowest BCUT2D eigenvalue weighted by Crippen LogP contribution is -2.23. The fourth-order valence-electron chi connectivity index (χ4n) is 1.65. The molecular formula is C11H20N4O. The first kappa shape index (κ1) is 11.4. The number of hydrogen-bond donors (Lipinski definition) is 1. The zero-order valence-corrected chi connectivity index (χ0v) is 10.1. The minimum Gasteiger partial charge on any atom is -0.339 e. The summed E-state index contributed by atoms with van der Waals surface area (Å²) in [5.74, 6) is 1.45. The third kappa shape index (κ3) is 2.95. The zero-order valence-electron chi connectivity index (χ0n) is 10.1. The van der Waals surface area contributed by atoms with E-state index in [0.717, 1.165) is 38.0 Å². The van der Waals surface area contributed by atoms with E-state index >= 15 is 0 Å². The Balaban J connectivity index is 1.80. The maximum Gasteiger partial charge on any atom is 0.266 e. The van der Waals surface area contributed by atoms with Crippen molar-refractivity contribution in [2.24, 2.45) is 0 Å². The van der Waals surface area contributed by atoms with E-state index in [-0.39, 0.29) is 0 Å². The smallest absolute Gasteiger partial charge is 0.266 e. The van der Waals surface area contributed by atoms with Gasteiger partial charge in [0.1, 0.15) is 0 Å². The molecule has 0 bridgehead atoms. The monoisotopic (exact) mass is 224 g/mol. The summed E-state index contributed by atoms with van der Waals surface area (Å²) in [6.07, 6.45) is 3.45. The van der Waals surface area contributed by atoms with Crippen LogP contribution >= 0.6 is 0 Å². The Hall–Kier alpha value is -1.10. The molecule has 0 atom stereocenters. The summed E-state index contributed by atoms with van der Waals surface area (Å²) in [7, 11) is 0. The lowest BCUT2D eigenvalue weighted by Gasteiger charge is -2.14. The molecule has 0 amide bonds. The van der Waals surface area contributed by atoms with Crippen LogP contribution in [0.1, 0.15) is 32.6 Å². The van der Waals surface area contributed by atoms with Gasteiger partial charge in [-0.1, -0.05) is 0 Å². The van der Waals surface area contributed by atoms with Gasteiger partial charge in [0.15, 0.2) is 0 Å². The van der Waals surface area contributed by atoms with Crippen LogP contribution in [0.2, 0.25) is 0 Å². The Bertz CT molecular complexity index is 318. The fourth-order valence-corrected chi connectivity index (χ4v) is 1.65. The highest BCUT2D eigenvalue weighted by Crippen LogP contribution is 2.18. The summed E-state index contributed by atoms with van der Waals surface area (Å²) in [5, 5.41) is 7.41. The van der Waals surface area contributed by atoms with Crippen LogP contribution in [0.15, 0.2) is 4.52 Å². The highest BCUT2D eigenvalue weighted by atomic mass is 16.5. The average Bonchev–Trinajstić information content (AvgIpc) is 3.00. The molecule has 1 aromatic heterocycles. The highest BCUT2D eigenvalue weighted by molar-refractivity contribution is 5.26. The molecular weight excluding hydrogens is 204 g/mol. The van der Waals surface area contributed by atoms with E-state index in [4.69, 9.17) is 4.52 Å². The van der Waals surface area contributed by atoms with Crippen molar-refractivity contribution >= 4 is 5.95 Å². The third-order valence-electron chi connectivity index (χ3n) is 2.85. The van der Waals surface area contributed by atoms with Gasteiger partial charge >= 0.3 is 0 Å². The van der Waals surface area contributed by atoms with E-state index in [1.165, 1.54) is 12.8 Å². The fraction of sp³-hybridized carbons (Fsp3) is 0.818. The molecule has 1 heterocycles. The van der Waals surface area contributed by atoms with Crippen molar-refractivity contribution in [3.63, 3.8) is 0 Å². The van der Waals surface area contributed by atoms with Gasteiger partial charge in [-0.05, 0) is 31.8 Å². The van der Waals surface area contributed by atoms with Crippen LogP contribution in [0.25, 0.3) is 0 Å². The van der Waals surface area contributed by atoms with Gasteiger partial charge in [-0.15, -0.1) is 0 Å². The molecule has 0 aliphatic heterocycles. The molecule has 16 heavy (non-hydrogen) atoms. The second-order valence-electron chi connectivity index (χ2n) is 4.14. The van der Waals surface area contributed by atoms with Gasteiger partial charge < -0.3 is 14.7 Å². The minimum absolute atomic E-state index is 0.714. The second-order valence-corrected chi connectivity index (χ2v) is 4.14. The normalized spacial score (nSPS) is 15.4. The second kappa shape index (κ2) is 5.30. The van der Waals surface area contributed by atoms with Crippen molar-refractivity contribution in [2.45, 2.75) is 39.2 Å². The molecule has 0 radical (unpaired) electrons. The summed E-state index contributed by atoms with van der Waals surface area (Å²) in [4.78, 5) is 6.46. The number of rotatable bonds is 7. The van der Waals surface area contributed by atoms with Crippen LogP contribution in [0.3, 0.4) is 0 Å². The largest absolute Gasteiger partial charge is 0.339 e. The van der Waals surface area contributed by atoms with Crippen molar-refractivity contribution in [1.29, 1.82) is 0 Å². The maximum atomic E-state index is 5.21. The summed E-state index contributed by atoms with van der Waals surface area (Å²) < 4.78 is 5.21. The lowest BCUT2D eigenvalue weighted by molar-refractivity contribution is 0.375. The van der Waals surface area contributed by atoms with E-state index in [1.54, 1.807) is 0 Å². The van der Waals surface area contributed by atoms with Crippen molar-refractivity contribution in [2.75, 3.05) is 24.5 Å². The van der Waals surface area contributed by atoms with Crippen molar-refractivity contribution in [3.8, 4) is 0 Å². The van der Waals surface area contributed by atoms with Crippen molar-refractivity contribution in [1.82, 2.24) is 15.5 Å². The molecule has 1 fully saturated rings. The summed E-state index contributed by atoms with van der Waals surface area (Å²) in [6, 6.07) is 0.741. The molecule has 5 heteroatoms. The van der Waals surface area contributed by atoms with Crippen molar-refractivity contribution < 1.29 is 4.52 Å². The number of anilines is 1. The maximum absolute atomic E-state index is 5.21. The molecule has 5 nitrogen and oxygen atoms in total. The quantitative estimate of drug-likeness (QED) is 0.754. The Kier molecular flexibility index (Phi) is 3.77. The molecule has 0 unspecified atom stereocenters. The third-order valence-corrected chi connectivity index (χ3v) is 2.85. The van der Waals surface area contributed by atoms with Crippen LogP contribution in [-0.4, -0.2) is 35.8 Å². The number of nitrogens with zero attached hydrogens (tertiary/aromatic N) is 3. The van der Waals surface area contributed by atoms with Gasteiger partial charge in [-0.25, -0.2) is 0 Å². The van der Waals surface area contributed by atoms with E-state index in [9.17, 15) is 0 Å². The van der Waals surface area contributed by atoms with Crippen LogP contribution in [0.4, 0.5) is 5.95 Å². The molecule has 2 rings (SSSR count). The Morgan fingerprint density at radius 2 is 2.12 bits per heavy atom. The van der Waals surface area contributed by atoms with Gasteiger partial charge in [-0.2, -0.15) is 4.98 Å². The van der Waals surface area contributed by atoms with Gasteiger partial charge in [0, 0.05) is 32.1 Å². The van der Waals surface area contributed by atoms with E-state index < -0.39 is 0 Å². The Morgan fingerprint density at radius 1 is 1.38 bits per heavy atom. The predicted octanol–water partition coefficient (Wildman–Crippen LogP) is 1.21. The first-order chi connectivity index (χ1) is 7.83. The van der Waals surface area contributed by atoms with Crippen LogP contribution in [-0.2, 0) is 6.42 Å². The molecule has 1 aromatic rings. The van der Waals surface area contributed by atoms with Crippen LogP contribution in [0, 0.1) is 0 Å². The predicted molar refractivity (Wildman–Crippen MR) is 62.6 cm³/mol. The van der Waals surface area contributed by atoms with E-state index in [2.05, 4.69) is 34.2 Å². The number of aromatic nitrogens is 2. The zero-order chi connectivity index (χ0) is 11.4. The minimum atomic E-state index is 0.714. The first-order valence-corrected chi connectivity index (χ1v) is 6.14. The lowest BCUT2D eigenvalue weighted by atomic mass is 10.4. The first-order valence-electron chi connectivity index (χ1n) is 6.14. The van der Waals surface area contributed by atoms with Gasteiger partial charge in [0.05, 0.1) is 0 Å².